The smallest absolute Gasteiger partial charge is 0.257 e. The molecule has 4 nitrogen and oxygen atoms in total. The molecule has 1 amide bonds. The Kier molecular flexibility index (Phi) is 5.47. The molecule has 0 radical (unpaired) electrons. The van der Waals surface area contributed by atoms with Gasteiger partial charge in [0.1, 0.15) is 11.1 Å². The van der Waals surface area contributed by atoms with E-state index in [4.69, 9.17) is 12.2 Å². The highest BCUT2D eigenvalue weighted by atomic mass is 32.1. The molecule has 1 aliphatic carbocycles. The second kappa shape index (κ2) is 7.77. The Morgan fingerprint density at radius 3 is 2.84 bits per heavy atom. The second-order valence-corrected chi connectivity index (χ2v) is 7.62. The van der Waals surface area contributed by atoms with Gasteiger partial charge in [-0.1, -0.05) is 31.5 Å². The van der Waals surface area contributed by atoms with Crippen molar-refractivity contribution in [2.75, 3.05) is 5.32 Å². The molecular formula is C19H19N3OS2. The van der Waals surface area contributed by atoms with Gasteiger partial charge in [-0.05, 0) is 55.1 Å². The standard InChI is InChI=1S/C19H19N3OS2/c1-2-12-8-9-14-15(11-20)18(25-16(14)10-12)22-19(24)21-17(23)13-6-4-3-5-7-13/h3-7,12H,2,8-10H2,1H3,(H2,21,22,23,24). The fourth-order valence-electron chi connectivity index (χ4n) is 3.11. The van der Waals surface area contributed by atoms with Crippen LogP contribution in [0, 0.1) is 17.2 Å². The van der Waals surface area contributed by atoms with Gasteiger partial charge in [0.15, 0.2) is 5.11 Å². The van der Waals surface area contributed by atoms with Crippen LogP contribution < -0.4 is 10.6 Å². The van der Waals surface area contributed by atoms with Crippen LogP contribution in [0.4, 0.5) is 5.00 Å². The first-order chi connectivity index (χ1) is 12.1. The summed E-state index contributed by atoms with van der Waals surface area (Å²) in [5, 5.41) is 16.2. The van der Waals surface area contributed by atoms with Gasteiger partial charge in [-0.15, -0.1) is 11.3 Å². The van der Waals surface area contributed by atoms with E-state index in [1.165, 1.54) is 4.88 Å². The molecule has 3 rings (SSSR count). The largest absolute Gasteiger partial charge is 0.323 e. The quantitative estimate of drug-likeness (QED) is 0.794. The summed E-state index contributed by atoms with van der Waals surface area (Å²) in [5.74, 6) is 0.430. The summed E-state index contributed by atoms with van der Waals surface area (Å²) in [6.45, 7) is 2.21. The molecule has 2 aromatic rings. The van der Waals surface area contributed by atoms with E-state index < -0.39 is 0 Å². The average Bonchev–Trinajstić information content (AvgIpc) is 2.97. The zero-order valence-electron chi connectivity index (χ0n) is 14.0. The Labute approximate surface area is 156 Å². The van der Waals surface area contributed by atoms with Crippen molar-refractivity contribution in [1.82, 2.24) is 5.32 Å². The van der Waals surface area contributed by atoms with E-state index in [2.05, 4.69) is 23.6 Å². The van der Waals surface area contributed by atoms with E-state index in [1.807, 2.05) is 6.07 Å². The Balaban J connectivity index is 1.73. The van der Waals surface area contributed by atoms with Crippen molar-refractivity contribution in [3.05, 3.63) is 51.9 Å². The Bertz CT molecular complexity index is 836. The predicted molar refractivity (Wildman–Crippen MR) is 105 cm³/mol. The highest BCUT2D eigenvalue weighted by Crippen LogP contribution is 2.39. The van der Waals surface area contributed by atoms with Crippen molar-refractivity contribution in [2.24, 2.45) is 5.92 Å². The van der Waals surface area contributed by atoms with Gasteiger partial charge < -0.3 is 5.32 Å². The molecular weight excluding hydrogens is 350 g/mol. The number of anilines is 1. The molecule has 6 heteroatoms. The third-order valence-corrected chi connectivity index (χ3v) is 5.92. The molecule has 1 heterocycles. The van der Waals surface area contributed by atoms with Gasteiger partial charge >= 0.3 is 0 Å². The molecule has 2 N–H and O–H groups in total. The number of thiocarbonyl (C=S) groups is 1. The molecule has 0 fully saturated rings. The third kappa shape index (κ3) is 3.89. The van der Waals surface area contributed by atoms with Crippen LogP contribution in [0.2, 0.25) is 0 Å². The number of hydrogen-bond donors (Lipinski definition) is 2. The first kappa shape index (κ1) is 17.6. The van der Waals surface area contributed by atoms with Gasteiger partial charge in [-0.3, -0.25) is 10.1 Å². The van der Waals surface area contributed by atoms with Crippen LogP contribution in [0.5, 0.6) is 0 Å². The van der Waals surface area contributed by atoms with Gasteiger partial charge in [0.25, 0.3) is 5.91 Å². The number of rotatable bonds is 3. The summed E-state index contributed by atoms with van der Waals surface area (Å²) in [6, 6.07) is 11.2. The number of benzene rings is 1. The lowest BCUT2D eigenvalue weighted by molar-refractivity contribution is 0.0977. The van der Waals surface area contributed by atoms with Crippen molar-refractivity contribution < 1.29 is 4.79 Å². The van der Waals surface area contributed by atoms with E-state index in [0.29, 0.717) is 17.0 Å². The van der Waals surface area contributed by atoms with Crippen molar-refractivity contribution in [3.8, 4) is 6.07 Å². The Morgan fingerprint density at radius 1 is 1.40 bits per heavy atom. The number of fused-ring (bicyclic) bond motifs is 1. The average molecular weight is 370 g/mol. The maximum absolute atomic E-state index is 12.2. The molecule has 0 aliphatic heterocycles. The van der Waals surface area contributed by atoms with Gasteiger partial charge in [-0.2, -0.15) is 5.26 Å². The first-order valence-corrected chi connectivity index (χ1v) is 9.56. The van der Waals surface area contributed by atoms with Gasteiger partial charge in [-0.25, -0.2) is 0 Å². The molecule has 1 aromatic carbocycles. The molecule has 0 spiro atoms. The molecule has 25 heavy (non-hydrogen) atoms. The highest BCUT2D eigenvalue weighted by Gasteiger charge is 2.25. The molecule has 0 saturated heterocycles. The van der Waals surface area contributed by atoms with E-state index in [0.717, 1.165) is 36.2 Å². The molecule has 0 bridgehead atoms. The molecule has 1 atom stereocenters. The van der Waals surface area contributed by atoms with Crippen LogP contribution in [-0.2, 0) is 12.8 Å². The lowest BCUT2D eigenvalue weighted by Crippen LogP contribution is -2.34. The van der Waals surface area contributed by atoms with Crippen LogP contribution in [-0.4, -0.2) is 11.0 Å². The van der Waals surface area contributed by atoms with E-state index in [1.54, 1.807) is 35.6 Å². The number of nitrogens with zero attached hydrogens (tertiary/aromatic N) is 1. The number of carbonyl (C=O) groups is 1. The fraction of sp³-hybridized carbons (Fsp3) is 0.316. The second-order valence-electron chi connectivity index (χ2n) is 6.11. The van der Waals surface area contributed by atoms with Crippen molar-refractivity contribution in [2.45, 2.75) is 32.6 Å². The van der Waals surface area contributed by atoms with Crippen molar-refractivity contribution >= 4 is 39.6 Å². The van der Waals surface area contributed by atoms with Crippen molar-refractivity contribution in [3.63, 3.8) is 0 Å². The summed E-state index contributed by atoms with van der Waals surface area (Å²) in [7, 11) is 0. The van der Waals surface area contributed by atoms with Crippen LogP contribution in [0.1, 0.15) is 46.1 Å². The van der Waals surface area contributed by atoms with Crippen LogP contribution >= 0.6 is 23.6 Å². The number of nitrogens with one attached hydrogen (secondary N) is 2. The maximum Gasteiger partial charge on any atom is 0.257 e. The number of thiophene rings is 1. The Morgan fingerprint density at radius 2 is 2.16 bits per heavy atom. The summed E-state index contributed by atoms with van der Waals surface area (Å²) in [5.41, 5.74) is 2.37. The van der Waals surface area contributed by atoms with E-state index >= 15 is 0 Å². The number of hydrogen-bond acceptors (Lipinski definition) is 4. The lowest BCUT2D eigenvalue weighted by atomic mass is 9.86. The summed E-state index contributed by atoms with van der Waals surface area (Å²) >= 11 is 6.85. The summed E-state index contributed by atoms with van der Waals surface area (Å²) in [6.07, 6.45) is 4.26. The van der Waals surface area contributed by atoms with Gasteiger partial charge in [0.05, 0.1) is 5.56 Å². The first-order valence-electron chi connectivity index (χ1n) is 8.34. The van der Waals surface area contributed by atoms with Gasteiger partial charge in [0.2, 0.25) is 0 Å². The minimum absolute atomic E-state index is 0.219. The number of carbonyl (C=O) groups excluding carboxylic acids is 1. The fourth-order valence-corrected chi connectivity index (χ4v) is 4.68. The molecule has 0 saturated carbocycles. The minimum atomic E-state index is -0.260. The monoisotopic (exact) mass is 369 g/mol. The summed E-state index contributed by atoms with van der Waals surface area (Å²) < 4.78 is 0. The van der Waals surface area contributed by atoms with Gasteiger partial charge in [0, 0.05) is 10.4 Å². The molecule has 1 unspecified atom stereocenters. The topological polar surface area (TPSA) is 64.9 Å². The highest BCUT2D eigenvalue weighted by molar-refractivity contribution is 7.80. The van der Waals surface area contributed by atoms with Crippen LogP contribution in [0.25, 0.3) is 0 Å². The minimum Gasteiger partial charge on any atom is -0.323 e. The zero-order valence-corrected chi connectivity index (χ0v) is 15.6. The summed E-state index contributed by atoms with van der Waals surface area (Å²) in [4.78, 5) is 13.4. The van der Waals surface area contributed by atoms with Crippen LogP contribution in [0.15, 0.2) is 30.3 Å². The molecule has 128 valence electrons. The maximum atomic E-state index is 12.2. The SMILES string of the molecule is CCC1CCc2c(sc(NC(=S)NC(=O)c3ccccc3)c2C#N)C1. The molecule has 1 aliphatic rings. The van der Waals surface area contributed by atoms with Crippen molar-refractivity contribution in [1.29, 1.82) is 5.26 Å². The zero-order chi connectivity index (χ0) is 17.8. The number of nitriles is 1. The number of amides is 1. The van der Waals surface area contributed by atoms with Crippen LogP contribution in [0.3, 0.4) is 0 Å². The lowest BCUT2D eigenvalue weighted by Gasteiger charge is -2.20. The Hall–Kier alpha value is -2.23. The normalized spacial score (nSPS) is 15.8. The molecule has 1 aromatic heterocycles. The van der Waals surface area contributed by atoms with E-state index in [9.17, 15) is 10.1 Å². The third-order valence-electron chi connectivity index (χ3n) is 4.55. The van der Waals surface area contributed by atoms with E-state index in [-0.39, 0.29) is 11.0 Å². The predicted octanol–water partition coefficient (Wildman–Crippen LogP) is 4.26.